The number of nitrogens with zero attached hydrogens (tertiary/aromatic N) is 3. The first kappa shape index (κ1) is 7.34. The molecule has 0 saturated heterocycles. The fourth-order valence-corrected chi connectivity index (χ4v) is 0.478. The summed E-state index contributed by atoms with van der Waals surface area (Å²) in [7, 11) is 0. The smallest absolute Gasteiger partial charge is 0.256 e. The highest BCUT2D eigenvalue weighted by molar-refractivity contribution is 5.29. The van der Waals surface area contributed by atoms with Crippen LogP contribution in [0.3, 0.4) is 0 Å². The summed E-state index contributed by atoms with van der Waals surface area (Å²) < 4.78 is 24.7. The van der Waals surface area contributed by atoms with Crippen molar-refractivity contribution in [2.75, 3.05) is 5.73 Å². The van der Waals surface area contributed by atoms with Crippen LogP contribution in [0.5, 0.6) is 0 Å². The Kier molecular flexibility index (Phi) is 1.64. The van der Waals surface area contributed by atoms with Crippen LogP contribution >= 0.6 is 0 Å². The summed E-state index contributed by atoms with van der Waals surface area (Å²) in [5, 5.41) is 8.13. The third-order valence-electron chi connectivity index (χ3n) is 0.941. The predicted molar refractivity (Wildman–Crippen MR) is 31.1 cm³/mol. The number of nitrogen functional groups attached to an aromatic ring is 1. The van der Waals surface area contributed by atoms with E-state index in [9.17, 15) is 8.78 Å². The van der Waals surface area contributed by atoms with Gasteiger partial charge >= 0.3 is 0 Å². The van der Waals surface area contributed by atoms with Crippen molar-refractivity contribution in [3.63, 3.8) is 0 Å². The van der Waals surface area contributed by atoms with E-state index in [1.807, 2.05) is 0 Å². The van der Waals surface area contributed by atoms with Crippen LogP contribution in [-0.2, 0) is 0 Å². The van der Waals surface area contributed by atoms with E-state index >= 15 is 0 Å². The van der Waals surface area contributed by atoms with Gasteiger partial charge in [-0.25, -0.2) is 4.98 Å². The molecule has 56 valence electrons. The summed E-state index contributed by atoms with van der Waals surface area (Å²) in [4.78, 5) is 5.80. The van der Waals surface area contributed by atoms with Gasteiger partial charge in [-0.1, -0.05) is 0 Å². The minimum Gasteiger partial charge on any atom is -0.380 e. The molecular formula is C5H2F2N4. The van der Waals surface area contributed by atoms with Crippen LogP contribution in [0.2, 0.25) is 0 Å². The molecule has 4 nitrogen and oxygen atoms in total. The Morgan fingerprint density at radius 1 is 1.27 bits per heavy atom. The summed E-state index contributed by atoms with van der Waals surface area (Å²) in [6, 6.07) is 1.32. The maximum atomic E-state index is 12.4. The molecule has 0 unspecified atom stereocenters. The second-order valence-corrected chi connectivity index (χ2v) is 1.65. The van der Waals surface area contributed by atoms with Crippen molar-refractivity contribution in [2.45, 2.75) is 0 Å². The molecule has 1 aromatic rings. The molecule has 11 heavy (non-hydrogen) atoms. The number of hydrogen-bond donors (Lipinski definition) is 1. The van der Waals surface area contributed by atoms with Crippen LogP contribution in [0.4, 0.5) is 14.6 Å². The molecule has 0 spiro atoms. The van der Waals surface area contributed by atoms with Gasteiger partial charge in [0.15, 0.2) is 11.5 Å². The van der Waals surface area contributed by atoms with E-state index in [0.717, 1.165) is 0 Å². The van der Waals surface area contributed by atoms with Crippen molar-refractivity contribution >= 4 is 5.82 Å². The van der Waals surface area contributed by atoms with Gasteiger partial charge in [-0.2, -0.15) is 19.0 Å². The summed E-state index contributed by atoms with van der Waals surface area (Å²) >= 11 is 0. The number of hydrogen-bond acceptors (Lipinski definition) is 4. The lowest BCUT2D eigenvalue weighted by Crippen LogP contribution is -2.03. The largest absolute Gasteiger partial charge is 0.380 e. The van der Waals surface area contributed by atoms with Gasteiger partial charge in [-0.15, -0.1) is 0 Å². The first-order chi connectivity index (χ1) is 5.15. The van der Waals surface area contributed by atoms with Crippen LogP contribution in [0.1, 0.15) is 5.69 Å². The zero-order valence-corrected chi connectivity index (χ0v) is 5.17. The molecule has 0 fully saturated rings. The minimum absolute atomic E-state index is 0.651. The van der Waals surface area contributed by atoms with E-state index < -0.39 is 23.4 Å². The van der Waals surface area contributed by atoms with E-state index in [-0.39, 0.29) is 0 Å². The normalized spacial score (nSPS) is 9.18. The first-order valence-corrected chi connectivity index (χ1v) is 2.53. The molecular weight excluding hydrogens is 154 g/mol. The fourth-order valence-electron chi connectivity index (χ4n) is 0.478. The Hall–Kier alpha value is -1.77. The average Bonchev–Trinajstić information content (AvgIpc) is 1.97. The molecule has 0 saturated carbocycles. The molecule has 1 heterocycles. The van der Waals surface area contributed by atoms with Crippen LogP contribution in [0.15, 0.2) is 0 Å². The SMILES string of the molecule is N#Cc1nc(F)c(N)nc1F. The topological polar surface area (TPSA) is 75.6 Å². The third kappa shape index (κ3) is 1.21. The number of nitrogens with two attached hydrogens (primary N) is 1. The lowest BCUT2D eigenvalue weighted by molar-refractivity contribution is 0.530. The maximum absolute atomic E-state index is 12.4. The number of halogens is 2. The van der Waals surface area contributed by atoms with Crippen LogP contribution in [-0.4, -0.2) is 9.97 Å². The highest BCUT2D eigenvalue weighted by Crippen LogP contribution is 2.06. The summed E-state index contributed by atoms with van der Waals surface area (Å²) in [6.07, 6.45) is 0. The average molecular weight is 156 g/mol. The molecule has 0 aliphatic rings. The van der Waals surface area contributed by atoms with Gasteiger partial charge in [-0.3, -0.25) is 0 Å². The Morgan fingerprint density at radius 3 is 2.45 bits per heavy atom. The molecule has 6 heteroatoms. The second kappa shape index (κ2) is 2.46. The van der Waals surface area contributed by atoms with Gasteiger partial charge in [0, 0.05) is 0 Å². The predicted octanol–water partition coefficient (Wildman–Crippen LogP) is 0.209. The maximum Gasteiger partial charge on any atom is 0.256 e. The minimum atomic E-state index is -1.16. The molecule has 0 amide bonds. The van der Waals surface area contributed by atoms with Gasteiger partial charge in [0.1, 0.15) is 6.07 Å². The molecule has 1 aromatic heterocycles. The van der Waals surface area contributed by atoms with Crippen molar-refractivity contribution in [2.24, 2.45) is 0 Å². The molecule has 0 radical (unpaired) electrons. The molecule has 2 N–H and O–H groups in total. The van der Waals surface area contributed by atoms with Gasteiger partial charge < -0.3 is 5.73 Å². The quantitative estimate of drug-likeness (QED) is 0.582. The van der Waals surface area contributed by atoms with E-state index in [0.29, 0.717) is 0 Å². The van der Waals surface area contributed by atoms with Crippen molar-refractivity contribution in [3.05, 3.63) is 17.6 Å². The summed E-state index contributed by atoms with van der Waals surface area (Å²) in [5.74, 6) is -2.95. The Balaban J connectivity index is 3.35. The number of anilines is 1. The molecule has 0 aliphatic carbocycles. The lowest BCUT2D eigenvalue weighted by atomic mass is 10.5. The van der Waals surface area contributed by atoms with Crippen LogP contribution in [0, 0.1) is 23.2 Å². The monoisotopic (exact) mass is 156 g/mol. The van der Waals surface area contributed by atoms with Gasteiger partial charge in [0.25, 0.3) is 11.9 Å². The number of rotatable bonds is 0. The van der Waals surface area contributed by atoms with Gasteiger partial charge in [0.2, 0.25) is 0 Å². The lowest BCUT2D eigenvalue weighted by Gasteiger charge is -1.94. The summed E-state index contributed by atoms with van der Waals surface area (Å²) in [6.45, 7) is 0. The van der Waals surface area contributed by atoms with Crippen LogP contribution in [0.25, 0.3) is 0 Å². The van der Waals surface area contributed by atoms with E-state index in [4.69, 9.17) is 11.0 Å². The van der Waals surface area contributed by atoms with Crippen LogP contribution < -0.4 is 5.73 Å². The van der Waals surface area contributed by atoms with Crippen molar-refractivity contribution in [1.29, 1.82) is 5.26 Å². The highest BCUT2D eigenvalue weighted by Gasteiger charge is 2.09. The Morgan fingerprint density at radius 2 is 1.91 bits per heavy atom. The van der Waals surface area contributed by atoms with Crippen molar-refractivity contribution < 1.29 is 8.78 Å². The molecule has 0 aliphatic heterocycles. The van der Waals surface area contributed by atoms with E-state index in [2.05, 4.69) is 9.97 Å². The number of aromatic nitrogens is 2. The molecule has 1 rings (SSSR count). The standard InChI is InChI=1S/C5H2F2N4/c6-3-2(1-8)10-4(7)5(9)11-3/h(H2,9,11). The van der Waals surface area contributed by atoms with E-state index in [1.165, 1.54) is 6.07 Å². The summed E-state index contributed by atoms with van der Waals surface area (Å²) in [5.41, 5.74) is 4.15. The van der Waals surface area contributed by atoms with Gasteiger partial charge in [0.05, 0.1) is 0 Å². The zero-order chi connectivity index (χ0) is 8.43. The fraction of sp³-hybridized carbons (Fsp3) is 0. The molecule has 0 atom stereocenters. The zero-order valence-electron chi connectivity index (χ0n) is 5.17. The molecule has 0 bridgehead atoms. The second-order valence-electron chi connectivity index (χ2n) is 1.65. The Bertz CT molecular complexity index is 330. The first-order valence-electron chi connectivity index (χ1n) is 2.53. The van der Waals surface area contributed by atoms with Crippen molar-refractivity contribution in [3.8, 4) is 6.07 Å². The number of nitriles is 1. The Labute approximate surface area is 60.3 Å². The highest BCUT2D eigenvalue weighted by atomic mass is 19.1. The van der Waals surface area contributed by atoms with Gasteiger partial charge in [-0.05, 0) is 0 Å². The van der Waals surface area contributed by atoms with Crippen molar-refractivity contribution in [1.82, 2.24) is 9.97 Å². The third-order valence-corrected chi connectivity index (χ3v) is 0.941. The molecule has 0 aromatic carbocycles. The van der Waals surface area contributed by atoms with E-state index in [1.54, 1.807) is 0 Å².